The molecular formula is C10H12O4P-. The van der Waals surface area contributed by atoms with Gasteiger partial charge >= 0.3 is 0 Å². The van der Waals surface area contributed by atoms with Gasteiger partial charge < -0.3 is 14.8 Å². The summed E-state index contributed by atoms with van der Waals surface area (Å²) in [6.45, 7) is 0. The average molecular weight is 227 g/mol. The van der Waals surface area contributed by atoms with Crippen LogP contribution < -0.4 is 5.11 Å². The Balaban J connectivity index is 2.50. The molecule has 1 aromatic carbocycles. The Morgan fingerprint density at radius 2 is 1.93 bits per heavy atom. The zero-order valence-corrected chi connectivity index (χ0v) is 9.02. The minimum absolute atomic E-state index is 0.0228. The number of carbonyl (C=O) groups is 1. The molecule has 0 aliphatic heterocycles. The lowest BCUT2D eigenvalue weighted by Crippen LogP contribution is -2.26. The molecule has 4 nitrogen and oxygen atoms in total. The van der Waals surface area contributed by atoms with Crippen molar-refractivity contribution < 1.29 is 19.4 Å². The molecule has 0 aliphatic rings. The summed E-state index contributed by atoms with van der Waals surface area (Å²) in [5.41, 5.74) is 0.921. The van der Waals surface area contributed by atoms with Crippen molar-refractivity contribution in [3.63, 3.8) is 0 Å². The van der Waals surface area contributed by atoms with Crippen LogP contribution >= 0.6 is 7.37 Å². The number of hydrogen-bond acceptors (Lipinski definition) is 3. The van der Waals surface area contributed by atoms with Crippen LogP contribution in [0.3, 0.4) is 0 Å². The Morgan fingerprint density at radius 3 is 2.47 bits per heavy atom. The molecule has 82 valence electrons. The number of hydrogen-bond donors (Lipinski definition) is 1. The van der Waals surface area contributed by atoms with E-state index >= 15 is 0 Å². The van der Waals surface area contributed by atoms with E-state index in [1.165, 1.54) is 0 Å². The van der Waals surface area contributed by atoms with Gasteiger partial charge in [0.1, 0.15) is 0 Å². The van der Waals surface area contributed by atoms with Crippen LogP contribution in [0.1, 0.15) is 5.56 Å². The lowest BCUT2D eigenvalue weighted by Gasteiger charge is -2.11. The van der Waals surface area contributed by atoms with Gasteiger partial charge in [-0.3, -0.25) is 4.57 Å². The minimum atomic E-state index is -3.58. The summed E-state index contributed by atoms with van der Waals surface area (Å²) in [7, 11) is -3.58. The number of carboxylic acids is 1. The minimum Gasteiger partial charge on any atom is -0.550 e. The predicted octanol–water partition coefficient (Wildman–Crippen LogP) is 0.249. The van der Waals surface area contributed by atoms with Gasteiger partial charge in [0.05, 0.1) is 12.1 Å². The van der Waals surface area contributed by atoms with Crippen LogP contribution in [0.2, 0.25) is 0 Å². The van der Waals surface area contributed by atoms with Crippen molar-refractivity contribution in [1.29, 1.82) is 0 Å². The van der Waals surface area contributed by atoms with E-state index in [2.05, 4.69) is 0 Å². The van der Waals surface area contributed by atoms with Crippen molar-refractivity contribution in [3.05, 3.63) is 35.9 Å². The molecule has 1 atom stereocenters. The highest BCUT2D eigenvalue weighted by Gasteiger charge is 2.17. The van der Waals surface area contributed by atoms with Gasteiger partial charge in [-0.15, -0.1) is 0 Å². The maximum atomic E-state index is 11.3. The summed E-state index contributed by atoms with van der Waals surface area (Å²) >= 11 is 0. The van der Waals surface area contributed by atoms with Gasteiger partial charge in [-0.25, -0.2) is 0 Å². The fourth-order valence-electron chi connectivity index (χ4n) is 1.23. The van der Waals surface area contributed by atoms with Crippen LogP contribution in [-0.2, 0) is 15.8 Å². The van der Waals surface area contributed by atoms with Crippen molar-refractivity contribution in [2.75, 3.05) is 12.3 Å². The molecule has 1 N–H and O–H groups in total. The third-order valence-corrected chi connectivity index (χ3v) is 3.64. The van der Waals surface area contributed by atoms with E-state index in [0.717, 1.165) is 5.56 Å². The first kappa shape index (κ1) is 12.0. The Bertz CT molecular complexity index is 374. The van der Waals surface area contributed by atoms with E-state index in [1.807, 2.05) is 30.3 Å². The first-order valence-electron chi connectivity index (χ1n) is 4.54. The molecule has 0 aliphatic carbocycles. The van der Waals surface area contributed by atoms with E-state index < -0.39 is 19.5 Å². The number of benzene rings is 1. The van der Waals surface area contributed by atoms with E-state index in [0.29, 0.717) is 6.42 Å². The van der Waals surface area contributed by atoms with Crippen molar-refractivity contribution >= 4 is 13.3 Å². The van der Waals surface area contributed by atoms with Gasteiger partial charge in [0.2, 0.25) is 7.37 Å². The summed E-state index contributed by atoms with van der Waals surface area (Å²) < 4.78 is 11.3. The number of carbonyl (C=O) groups excluding carboxylic acids is 1. The Hall–Kier alpha value is -1.12. The molecule has 5 heteroatoms. The molecule has 15 heavy (non-hydrogen) atoms. The molecule has 0 saturated carbocycles. The maximum absolute atomic E-state index is 11.3. The lowest BCUT2D eigenvalue weighted by molar-refractivity contribution is -0.301. The number of aliphatic carboxylic acids is 1. The Morgan fingerprint density at radius 1 is 1.33 bits per heavy atom. The monoisotopic (exact) mass is 227 g/mol. The average Bonchev–Trinajstić information content (AvgIpc) is 2.15. The van der Waals surface area contributed by atoms with Gasteiger partial charge in [-0.2, -0.15) is 0 Å². The standard InChI is InChI=1S/C10H13O4P/c11-10(12)8-15(13,14)7-6-9-4-2-1-3-5-9/h1-5H,6-8H2,(H,11,12)(H,13,14)/p-1. The Labute approximate surface area is 88.0 Å². The smallest absolute Gasteiger partial charge is 0.206 e. The van der Waals surface area contributed by atoms with E-state index in [1.54, 1.807) is 0 Å². The van der Waals surface area contributed by atoms with Gasteiger partial charge in [0, 0.05) is 6.16 Å². The van der Waals surface area contributed by atoms with Crippen molar-refractivity contribution in [2.45, 2.75) is 6.42 Å². The van der Waals surface area contributed by atoms with Crippen LogP contribution in [0.25, 0.3) is 0 Å². The predicted molar refractivity (Wildman–Crippen MR) is 54.7 cm³/mol. The summed E-state index contributed by atoms with van der Waals surface area (Å²) in [4.78, 5) is 19.5. The highest BCUT2D eigenvalue weighted by atomic mass is 31.2. The summed E-state index contributed by atoms with van der Waals surface area (Å²) in [5.74, 6) is -1.48. The molecule has 0 fully saturated rings. The van der Waals surface area contributed by atoms with Crippen LogP contribution in [0, 0.1) is 0 Å². The second-order valence-electron chi connectivity index (χ2n) is 3.34. The molecule has 1 rings (SSSR count). The topological polar surface area (TPSA) is 77.4 Å². The first-order chi connectivity index (χ1) is 6.99. The molecule has 0 radical (unpaired) electrons. The lowest BCUT2D eigenvalue weighted by atomic mass is 10.2. The normalized spacial score (nSPS) is 14.5. The first-order valence-corrected chi connectivity index (χ1v) is 6.57. The van der Waals surface area contributed by atoms with E-state index in [4.69, 9.17) is 0 Å². The highest BCUT2D eigenvalue weighted by molar-refractivity contribution is 7.58. The molecule has 0 heterocycles. The SMILES string of the molecule is O=C([O-])CP(=O)(O)CCc1ccccc1. The van der Waals surface area contributed by atoms with Crippen molar-refractivity contribution in [2.24, 2.45) is 0 Å². The molecule has 1 unspecified atom stereocenters. The zero-order valence-electron chi connectivity index (χ0n) is 8.13. The summed E-state index contributed by atoms with van der Waals surface area (Å²) in [6.07, 6.45) is -0.382. The highest BCUT2D eigenvalue weighted by Crippen LogP contribution is 2.40. The largest absolute Gasteiger partial charge is 0.550 e. The molecule has 0 saturated heterocycles. The second kappa shape index (κ2) is 5.10. The van der Waals surface area contributed by atoms with Crippen LogP contribution in [0.4, 0.5) is 0 Å². The van der Waals surface area contributed by atoms with Crippen molar-refractivity contribution in [1.82, 2.24) is 0 Å². The van der Waals surface area contributed by atoms with E-state index in [-0.39, 0.29) is 6.16 Å². The number of aryl methyl sites for hydroxylation is 1. The molecule has 0 spiro atoms. The second-order valence-corrected chi connectivity index (χ2v) is 5.79. The van der Waals surface area contributed by atoms with Gasteiger partial charge in [0.15, 0.2) is 0 Å². The zero-order chi connectivity index (χ0) is 11.3. The van der Waals surface area contributed by atoms with Crippen LogP contribution in [-0.4, -0.2) is 23.2 Å². The fourth-order valence-corrected chi connectivity index (χ4v) is 2.40. The third kappa shape index (κ3) is 4.77. The number of rotatable bonds is 5. The Kier molecular flexibility index (Phi) is 4.06. The third-order valence-electron chi connectivity index (χ3n) is 1.97. The maximum Gasteiger partial charge on any atom is 0.206 e. The summed E-state index contributed by atoms with van der Waals surface area (Å²) in [5, 5.41) is 10.2. The van der Waals surface area contributed by atoms with Gasteiger partial charge in [-0.1, -0.05) is 30.3 Å². The fraction of sp³-hybridized carbons (Fsp3) is 0.300. The molecular weight excluding hydrogens is 215 g/mol. The summed E-state index contributed by atoms with van der Waals surface area (Å²) in [6, 6.07) is 9.17. The number of carboxylic acid groups (broad SMARTS) is 1. The van der Waals surface area contributed by atoms with Crippen LogP contribution in [0.5, 0.6) is 0 Å². The van der Waals surface area contributed by atoms with Gasteiger partial charge in [0.25, 0.3) is 0 Å². The van der Waals surface area contributed by atoms with Gasteiger partial charge in [-0.05, 0) is 12.0 Å². The molecule has 0 aromatic heterocycles. The molecule has 0 bridgehead atoms. The van der Waals surface area contributed by atoms with Crippen molar-refractivity contribution in [3.8, 4) is 0 Å². The molecule has 0 amide bonds. The quantitative estimate of drug-likeness (QED) is 0.731. The van der Waals surface area contributed by atoms with Crippen LogP contribution in [0.15, 0.2) is 30.3 Å². The van der Waals surface area contributed by atoms with E-state index in [9.17, 15) is 19.4 Å². The molecule has 1 aromatic rings.